The van der Waals surface area contributed by atoms with E-state index in [9.17, 15) is 28.8 Å². The van der Waals surface area contributed by atoms with Crippen molar-refractivity contribution in [2.75, 3.05) is 52.4 Å². The summed E-state index contributed by atoms with van der Waals surface area (Å²) in [7, 11) is 0. The van der Waals surface area contributed by atoms with Gasteiger partial charge in [0.15, 0.2) is 0 Å². The van der Waals surface area contributed by atoms with E-state index in [1.165, 1.54) is 269 Å². The summed E-state index contributed by atoms with van der Waals surface area (Å²) >= 11 is 0. The monoisotopic (exact) mass is 1720 g/mol. The van der Waals surface area contributed by atoms with Crippen LogP contribution < -0.4 is 10.6 Å². The first-order chi connectivity index (χ1) is 59.9. The van der Waals surface area contributed by atoms with Crippen molar-refractivity contribution in [3.05, 3.63) is 12.2 Å². The lowest BCUT2D eigenvalue weighted by atomic mass is 10.0. The maximum Gasteiger partial charge on any atom is 0.306 e. The van der Waals surface area contributed by atoms with Gasteiger partial charge in [-0.05, 0) is 180 Å². The number of nitrogens with one attached hydrogen (secondary N) is 2. The number of carbonyl (C=O) groups is 6. The van der Waals surface area contributed by atoms with Crippen LogP contribution in [0.5, 0.6) is 0 Å². The lowest BCUT2D eigenvalue weighted by molar-refractivity contribution is -0.151. The molecule has 0 bridgehead atoms. The van der Waals surface area contributed by atoms with E-state index in [2.05, 4.69) is 75.8 Å². The highest BCUT2D eigenvalue weighted by Crippen LogP contribution is 2.25. The molecule has 0 saturated carbocycles. The van der Waals surface area contributed by atoms with Gasteiger partial charge in [-0.15, -0.1) is 0 Å². The second-order valence-corrected chi connectivity index (χ2v) is 37.6. The molecule has 0 heterocycles. The lowest BCUT2D eigenvalue weighted by Crippen LogP contribution is -2.36. The van der Waals surface area contributed by atoms with Crippen LogP contribution in [0, 0.1) is 0 Å². The standard InChI is InChI=1S/C108H208N4O10/c1-9-17-25-33-45-61-77-99(78-62-46-34-26-18-10-2)119-105(115)85-69-53-41-57-73-93-111(94-74-58-42-54-70-86-106(116)120-100(79-63-47-35-27-19-11-3)80-64-48-36-28-20-12-4)97-91-109-103(113)89-90-104(114)110-92-98-112(95-75-59-43-55-71-87-107(117)121-101(81-65-49-37-29-21-13-5)82-66-50-38-30-22-14-6)96-76-60-44-56-72-88-108(118)122-102(83-67-51-39-31-23-15-7)84-68-52-40-32-24-16-8/h89-90,99-102H,9-88,91-98H2,1-8H3,(H,109,113)(H,110,114)/b90-89+. The highest BCUT2D eigenvalue weighted by atomic mass is 16.6. The Balaban J connectivity index is 5.87. The molecule has 0 aliphatic carbocycles. The molecule has 0 aliphatic rings. The van der Waals surface area contributed by atoms with Crippen LogP contribution in [0.15, 0.2) is 12.2 Å². The first-order valence-electron chi connectivity index (χ1n) is 54.3. The van der Waals surface area contributed by atoms with Gasteiger partial charge in [0.25, 0.3) is 0 Å². The molecule has 0 aromatic carbocycles. The van der Waals surface area contributed by atoms with Crippen LogP contribution in [0.2, 0.25) is 0 Å². The zero-order valence-electron chi connectivity index (χ0n) is 82.7. The molecule has 720 valence electrons. The molecule has 2 amide bonds. The minimum Gasteiger partial charge on any atom is -0.462 e. The average Bonchev–Trinajstić information content (AvgIpc) is 0.980. The normalized spacial score (nSPS) is 11.8. The first kappa shape index (κ1) is 118. The smallest absolute Gasteiger partial charge is 0.306 e. The van der Waals surface area contributed by atoms with Crippen LogP contribution in [-0.4, -0.2) is 122 Å². The number of ether oxygens (including phenoxy) is 4. The number of hydrogen-bond donors (Lipinski definition) is 2. The van der Waals surface area contributed by atoms with E-state index in [1.54, 1.807) is 0 Å². The fourth-order valence-electron chi connectivity index (χ4n) is 17.4. The van der Waals surface area contributed by atoms with Crippen molar-refractivity contribution < 1.29 is 47.7 Å². The van der Waals surface area contributed by atoms with Crippen LogP contribution in [0.1, 0.15) is 569 Å². The van der Waals surface area contributed by atoms with Crippen LogP contribution >= 0.6 is 0 Å². The zero-order valence-corrected chi connectivity index (χ0v) is 82.7. The van der Waals surface area contributed by atoms with Crippen molar-refractivity contribution in [1.29, 1.82) is 0 Å². The number of amides is 2. The van der Waals surface area contributed by atoms with Gasteiger partial charge in [-0.3, -0.25) is 28.8 Å². The fraction of sp³-hybridized carbons (Fsp3) is 0.926. The van der Waals surface area contributed by atoms with Crippen LogP contribution in [0.3, 0.4) is 0 Å². The summed E-state index contributed by atoms with van der Waals surface area (Å²) in [6.45, 7) is 24.3. The Morgan fingerprint density at radius 2 is 0.344 bits per heavy atom. The summed E-state index contributed by atoms with van der Waals surface area (Å²) in [5.41, 5.74) is 0. The van der Waals surface area contributed by atoms with E-state index >= 15 is 0 Å². The summed E-state index contributed by atoms with van der Waals surface area (Å²) in [5.74, 6) is -0.623. The maximum atomic E-state index is 13.3. The average molecular weight is 1720 g/mol. The number of nitrogens with zero attached hydrogens (tertiary/aromatic N) is 2. The molecule has 122 heavy (non-hydrogen) atoms. The van der Waals surface area contributed by atoms with Gasteiger partial charge < -0.3 is 39.4 Å². The number of unbranched alkanes of at least 4 members (excludes halogenated alkanes) is 56. The Morgan fingerprint density at radius 1 is 0.197 bits per heavy atom. The summed E-state index contributed by atoms with van der Waals surface area (Å²) < 4.78 is 24.7. The van der Waals surface area contributed by atoms with E-state index in [0.29, 0.717) is 38.8 Å². The molecule has 0 fully saturated rings. The van der Waals surface area contributed by atoms with Gasteiger partial charge in [-0.25, -0.2) is 0 Å². The van der Waals surface area contributed by atoms with Gasteiger partial charge in [-0.2, -0.15) is 0 Å². The van der Waals surface area contributed by atoms with E-state index in [-0.39, 0.29) is 60.1 Å². The molecular formula is C108H208N4O10. The molecule has 14 heteroatoms. The van der Waals surface area contributed by atoms with Gasteiger partial charge >= 0.3 is 23.9 Å². The second-order valence-electron chi connectivity index (χ2n) is 37.6. The SMILES string of the molecule is CCCCCCCCC(CCCCCCCC)OC(=O)CCCCCCCN(CCCCCCCC(=O)OC(CCCCCCCC)CCCCCCCC)CCNC(=O)/C=C/C(=O)NCCN(CCCCCCCC(=O)OC(CCCCCCCC)CCCCCCCC)CCCCCCCC(=O)OC(CCCCCCCC)CCCCCCCC. The van der Waals surface area contributed by atoms with Crippen molar-refractivity contribution >= 4 is 35.7 Å². The predicted molar refractivity (Wildman–Crippen MR) is 522 cm³/mol. The number of carbonyl (C=O) groups excluding carboxylic acids is 6. The first-order valence-corrected chi connectivity index (χ1v) is 54.3. The number of esters is 4. The van der Waals surface area contributed by atoms with Crippen molar-refractivity contribution in [2.45, 2.75) is 593 Å². The van der Waals surface area contributed by atoms with E-state index < -0.39 is 0 Å². The summed E-state index contributed by atoms with van der Waals surface area (Å²) in [4.78, 5) is 84.5. The Bertz CT molecular complexity index is 1920. The van der Waals surface area contributed by atoms with Gasteiger partial charge in [0, 0.05) is 64.0 Å². The predicted octanol–water partition coefficient (Wildman–Crippen LogP) is 31.4. The third-order valence-corrected chi connectivity index (χ3v) is 25.5. The number of hydrogen-bond acceptors (Lipinski definition) is 12. The third kappa shape index (κ3) is 87.2. The molecule has 0 rings (SSSR count). The quantitative estimate of drug-likeness (QED) is 0.0256. The molecule has 0 radical (unpaired) electrons. The van der Waals surface area contributed by atoms with Crippen molar-refractivity contribution in [1.82, 2.24) is 20.4 Å². The Labute approximate surface area is 757 Å². The summed E-state index contributed by atoms with van der Waals surface area (Å²) in [5, 5.41) is 6.17. The van der Waals surface area contributed by atoms with Crippen molar-refractivity contribution in [3.63, 3.8) is 0 Å². The van der Waals surface area contributed by atoms with Crippen LogP contribution in [0.4, 0.5) is 0 Å². The molecule has 0 aromatic rings. The molecule has 2 N–H and O–H groups in total. The zero-order chi connectivity index (χ0) is 88.8. The summed E-state index contributed by atoms with van der Waals surface area (Å²) in [6.07, 6.45) is 93.3. The van der Waals surface area contributed by atoms with Gasteiger partial charge in [0.1, 0.15) is 24.4 Å². The fourth-order valence-corrected chi connectivity index (χ4v) is 17.4. The molecule has 0 spiro atoms. The van der Waals surface area contributed by atoms with E-state index in [1.807, 2.05) is 0 Å². The van der Waals surface area contributed by atoms with Gasteiger partial charge in [0.05, 0.1) is 0 Å². The highest BCUT2D eigenvalue weighted by Gasteiger charge is 2.20. The molecule has 14 nitrogen and oxygen atoms in total. The molecule has 0 unspecified atom stereocenters. The van der Waals surface area contributed by atoms with Gasteiger partial charge in [-0.1, -0.05) is 389 Å². The minimum absolute atomic E-state index is 0.0203. The molecule has 0 aromatic heterocycles. The Hall–Kier alpha value is -3.52. The van der Waals surface area contributed by atoms with Crippen LogP contribution in [-0.2, 0) is 47.7 Å². The Kier molecular flexibility index (Phi) is 93.8. The molecule has 0 atom stereocenters. The molecule has 0 saturated heterocycles. The van der Waals surface area contributed by atoms with E-state index in [0.717, 1.165) is 270 Å². The molecular weight excluding hydrogens is 1510 g/mol. The highest BCUT2D eigenvalue weighted by molar-refractivity contribution is 5.96. The summed E-state index contributed by atoms with van der Waals surface area (Å²) in [6, 6.07) is 0. The van der Waals surface area contributed by atoms with Crippen molar-refractivity contribution in [2.24, 2.45) is 0 Å². The number of rotatable bonds is 100. The molecule has 0 aliphatic heterocycles. The second kappa shape index (κ2) is 96.6. The van der Waals surface area contributed by atoms with E-state index in [4.69, 9.17) is 18.9 Å². The lowest BCUT2D eigenvalue weighted by Gasteiger charge is -2.22. The van der Waals surface area contributed by atoms with Crippen LogP contribution in [0.25, 0.3) is 0 Å². The topological polar surface area (TPSA) is 170 Å². The maximum absolute atomic E-state index is 13.3. The Morgan fingerprint density at radius 3 is 0.516 bits per heavy atom. The third-order valence-electron chi connectivity index (χ3n) is 25.5. The largest absolute Gasteiger partial charge is 0.462 e. The minimum atomic E-state index is -0.271. The van der Waals surface area contributed by atoms with Crippen molar-refractivity contribution in [3.8, 4) is 0 Å². The van der Waals surface area contributed by atoms with Gasteiger partial charge in [0.2, 0.25) is 11.8 Å².